The van der Waals surface area contributed by atoms with Gasteiger partial charge in [-0.25, -0.2) is 0 Å². The summed E-state index contributed by atoms with van der Waals surface area (Å²) in [4.78, 5) is 23.8. The molecular weight excluding hydrogens is 509 g/mol. The minimum atomic E-state index is 0. The molecule has 1 amide bonds. The Morgan fingerprint density at radius 2 is 1.68 bits per heavy atom. The SMILES string of the molecule is CCNC(=NCCOC1CCCCCC1)N1CCN(CC(=O)N2CCOCC2)CC1.I. The Hall–Kier alpha value is -0.650. The van der Waals surface area contributed by atoms with Crippen LogP contribution in [0.3, 0.4) is 0 Å². The molecule has 3 fully saturated rings. The summed E-state index contributed by atoms with van der Waals surface area (Å²) < 4.78 is 11.4. The van der Waals surface area contributed by atoms with Gasteiger partial charge in [-0.2, -0.15) is 0 Å². The predicted molar refractivity (Wildman–Crippen MR) is 134 cm³/mol. The van der Waals surface area contributed by atoms with Crippen molar-refractivity contribution in [3.8, 4) is 0 Å². The molecule has 0 aromatic carbocycles. The Bertz CT molecular complexity index is 529. The Morgan fingerprint density at radius 3 is 2.32 bits per heavy atom. The summed E-state index contributed by atoms with van der Waals surface area (Å²) in [6.07, 6.45) is 8.14. The molecule has 0 aromatic heterocycles. The fraction of sp³-hybridized carbons (Fsp3) is 0.909. The molecule has 0 atom stereocenters. The summed E-state index contributed by atoms with van der Waals surface area (Å²) in [6.45, 7) is 11.2. The number of nitrogens with zero attached hydrogens (tertiary/aromatic N) is 4. The molecule has 0 unspecified atom stereocenters. The van der Waals surface area contributed by atoms with Crippen LogP contribution in [0.2, 0.25) is 0 Å². The largest absolute Gasteiger partial charge is 0.378 e. The van der Waals surface area contributed by atoms with Crippen molar-refractivity contribution in [2.75, 3.05) is 78.7 Å². The van der Waals surface area contributed by atoms with Crippen LogP contribution in [0.25, 0.3) is 0 Å². The number of carbonyl (C=O) groups is 1. The molecule has 0 bridgehead atoms. The van der Waals surface area contributed by atoms with Gasteiger partial charge in [-0.15, -0.1) is 24.0 Å². The first-order valence-corrected chi connectivity index (χ1v) is 12.0. The summed E-state index contributed by atoms with van der Waals surface area (Å²) >= 11 is 0. The van der Waals surface area contributed by atoms with Gasteiger partial charge in [0.2, 0.25) is 5.91 Å². The number of amides is 1. The maximum absolute atomic E-state index is 12.5. The number of hydrogen-bond acceptors (Lipinski definition) is 5. The first-order valence-electron chi connectivity index (χ1n) is 12.0. The van der Waals surface area contributed by atoms with E-state index in [1.807, 2.05) is 4.90 Å². The van der Waals surface area contributed by atoms with Gasteiger partial charge >= 0.3 is 0 Å². The van der Waals surface area contributed by atoms with Gasteiger partial charge < -0.3 is 24.6 Å². The maximum Gasteiger partial charge on any atom is 0.236 e. The first-order chi connectivity index (χ1) is 14.8. The third-order valence-corrected chi connectivity index (χ3v) is 6.24. The number of rotatable bonds is 7. The zero-order valence-corrected chi connectivity index (χ0v) is 21.6. The van der Waals surface area contributed by atoms with Gasteiger partial charge in [0.25, 0.3) is 0 Å². The van der Waals surface area contributed by atoms with Crippen molar-refractivity contribution >= 4 is 35.8 Å². The van der Waals surface area contributed by atoms with Gasteiger partial charge in [0.15, 0.2) is 5.96 Å². The Balaban J connectivity index is 0.00000341. The number of guanidine groups is 1. The van der Waals surface area contributed by atoms with Crippen molar-refractivity contribution in [3.63, 3.8) is 0 Å². The number of nitrogens with one attached hydrogen (secondary N) is 1. The van der Waals surface area contributed by atoms with Gasteiger partial charge in [-0.05, 0) is 19.8 Å². The number of aliphatic imine (C=N–C) groups is 1. The van der Waals surface area contributed by atoms with Gasteiger partial charge in [0, 0.05) is 45.8 Å². The molecule has 3 rings (SSSR count). The van der Waals surface area contributed by atoms with Gasteiger partial charge in [0.05, 0.1) is 39.0 Å². The third kappa shape index (κ3) is 9.39. The molecule has 0 radical (unpaired) electrons. The second-order valence-electron chi connectivity index (χ2n) is 8.48. The lowest BCUT2D eigenvalue weighted by atomic mass is 10.1. The first kappa shape index (κ1) is 26.6. The van der Waals surface area contributed by atoms with Crippen LogP contribution in [0.4, 0.5) is 0 Å². The van der Waals surface area contributed by atoms with Gasteiger partial charge in [-0.3, -0.25) is 14.7 Å². The zero-order valence-electron chi connectivity index (χ0n) is 19.2. The van der Waals surface area contributed by atoms with Crippen LogP contribution in [0.5, 0.6) is 0 Å². The van der Waals surface area contributed by atoms with Crippen molar-refractivity contribution in [1.29, 1.82) is 0 Å². The van der Waals surface area contributed by atoms with E-state index in [0.29, 0.717) is 39.0 Å². The quantitative estimate of drug-likeness (QED) is 0.171. The highest BCUT2D eigenvalue weighted by molar-refractivity contribution is 14.0. The molecule has 0 aromatic rings. The normalized spacial score (nSPS) is 22.0. The highest BCUT2D eigenvalue weighted by Gasteiger charge is 2.24. The molecule has 31 heavy (non-hydrogen) atoms. The van der Waals surface area contributed by atoms with E-state index >= 15 is 0 Å². The maximum atomic E-state index is 12.5. The van der Waals surface area contributed by atoms with Crippen molar-refractivity contribution < 1.29 is 14.3 Å². The van der Waals surface area contributed by atoms with Crippen LogP contribution >= 0.6 is 24.0 Å². The van der Waals surface area contributed by atoms with Gasteiger partial charge in [0.1, 0.15) is 0 Å². The molecule has 0 spiro atoms. The topological polar surface area (TPSA) is 69.6 Å². The van der Waals surface area contributed by atoms with E-state index in [1.165, 1.54) is 38.5 Å². The standard InChI is InChI=1S/C22H41N5O3.HI/c1-2-23-22(24-9-16-30-20-7-5-3-4-6-8-20)27-12-10-25(11-13-27)19-21(28)26-14-17-29-18-15-26;/h20H,2-19H2,1H3,(H,23,24);1H. The molecule has 9 heteroatoms. The molecule has 2 heterocycles. The predicted octanol–water partition coefficient (Wildman–Crippen LogP) is 1.79. The molecule has 3 aliphatic rings. The minimum absolute atomic E-state index is 0. The second-order valence-corrected chi connectivity index (χ2v) is 8.48. The molecule has 1 N–H and O–H groups in total. The minimum Gasteiger partial charge on any atom is -0.378 e. The lowest BCUT2D eigenvalue weighted by Crippen LogP contribution is -2.55. The Labute approximate surface area is 205 Å². The third-order valence-electron chi connectivity index (χ3n) is 6.24. The van der Waals surface area contributed by atoms with Crippen molar-refractivity contribution in [3.05, 3.63) is 0 Å². The number of morpholine rings is 1. The van der Waals surface area contributed by atoms with Crippen LogP contribution < -0.4 is 5.32 Å². The van der Waals surface area contributed by atoms with Crippen molar-refractivity contribution in [2.24, 2.45) is 4.99 Å². The van der Waals surface area contributed by atoms with Crippen molar-refractivity contribution in [2.45, 2.75) is 51.6 Å². The van der Waals surface area contributed by atoms with Gasteiger partial charge in [-0.1, -0.05) is 25.7 Å². The summed E-state index contributed by atoms with van der Waals surface area (Å²) in [5.74, 6) is 1.20. The lowest BCUT2D eigenvalue weighted by Gasteiger charge is -2.37. The molecule has 1 aliphatic carbocycles. The second kappa shape index (κ2) is 15.2. The summed E-state index contributed by atoms with van der Waals surface area (Å²) in [5.41, 5.74) is 0. The molecule has 2 aliphatic heterocycles. The summed E-state index contributed by atoms with van der Waals surface area (Å²) in [5, 5.41) is 3.42. The van der Waals surface area contributed by atoms with E-state index in [-0.39, 0.29) is 29.9 Å². The number of hydrogen-bond donors (Lipinski definition) is 1. The van der Waals surface area contributed by atoms with E-state index in [2.05, 4.69) is 22.0 Å². The average Bonchev–Trinajstić information content (AvgIpc) is 3.06. The van der Waals surface area contributed by atoms with E-state index in [9.17, 15) is 4.79 Å². The fourth-order valence-corrected chi connectivity index (χ4v) is 4.43. The zero-order chi connectivity index (χ0) is 21.0. The summed E-state index contributed by atoms with van der Waals surface area (Å²) in [7, 11) is 0. The monoisotopic (exact) mass is 551 g/mol. The van der Waals surface area contributed by atoms with Crippen LogP contribution in [-0.2, 0) is 14.3 Å². The van der Waals surface area contributed by atoms with Crippen LogP contribution in [0.1, 0.15) is 45.4 Å². The lowest BCUT2D eigenvalue weighted by molar-refractivity contribution is -0.136. The van der Waals surface area contributed by atoms with E-state index in [4.69, 9.17) is 14.5 Å². The molecule has 8 nitrogen and oxygen atoms in total. The molecular formula is C22H42IN5O3. The van der Waals surface area contributed by atoms with Crippen molar-refractivity contribution in [1.82, 2.24) is 20.0 Å². The van der Waals surface area contributed by atoms with Crippen LogP contribution in [0, 0.1) is 0 Å². The Morgan fingerprint density at radius 1 is 1.00 bits per heavy atom. The highest BCUT2D eigenvalue weighted by atomic mass is 127. The van der Waals surface area contributed by atoms with E-state index < -0.39 is 0 Å². The Kier molecular flexibility index (Phi) is 13.1. The molecule has 1 saturated carbocycles. The number of carbonyl (C=O) groups excluding carboxylic acids is 1. The number of piperazine rings is 1. The smallest absolute Gasteiger partial charge is 0.236 e. The number of ether oxygens (including phenoxy) is 2. The molecule has 2 saturated heterocycles. The fourth-order valence-electron chi connectivity index (χ4n) is 4.43. The number of halogens is 1. The molecule has 180 valence electrons. The summed E-state index contributed by atoms with van der Waals surface area (Å²) in [6, 6.07) is 0. The highest BCUT2D eigenvalue weighted by Crippen LogP contribution is 2.19. The van der Waals surface area contributed by atoms with Crippen LogP contribution in [0.15, 0.2) is 4.99 Å². The van der Waals surface area contributed by atoms with Crippen LogP contribution in [-0.4, -0.2) is 111 Å². The van der Waals surface area contributed by atoms with E-state index in [0.717, 1.165) is 51.8 Å². The average molecular weight is 552 g/mol. The van der Waals surface area contributed by atoms with E-state index in [1.54, 1.807) is 0 Å².